The number of unbranched alkanes of at least 4 members (excludes halogenated alkanes) is 20. The van der Waals surface area contributed by atoms with Gasteiger partial charge in [0.05, 0.1) is 0 Å². The lowest BCUT2D eigenvalue weighted by Crippen LogP contribution is -2.31. The molecule has 6 nitrogen and oxygen atoms in total. The van der Waals surface area contributed by atoms with Crippen molar-refractivity contribution < 1.29 is 23.9 Å². The van der Waals surface area contributed by atoms with Gasteiger partial charge in [-0.3, -0.25) is 14.4 Å². The summed E-state index contributed by atoms with van der Waals surface area (Å²) in [6.45, 7) is 6.93. The van der Waals surface area contributed by atoms with E-state index >= 15 is 0 Å². The second-order valence-electron chi connectivity index (χ2n) is 12.3. The van der Waals surface area contributed by atoms with Crippen LogP contribution in [-0.4, -0.2) is 37.1 Å². The van der Waals surface area contributed by atoms with Crippen LogP contribution < -0.4 is 5.32 Å². The Balaban J connectivity index is 4.11. The van der Waals surface area contributed by atoms with Gasteiger partial charge in [-0.1, -0.05) is 149 Å². The Morgan fingerprint density at radius 2 is 0.905 bits per heavy atom. The van der Waals surface area contributed by atoms with Crippen LogP contribution in [0, 0.1) is 0 Å². The third-order valence-electron chi connectivity index (χ3n) is 7.96. The minimum absolute atomic E-state index is 0.00276. The highest BCUT2D eigenvalue weighted by atomic mass is 16.6. The van der Waals surface area contributed by atoms with Crippen LogP contribution in [0.5, 0.6) is 0 Å². The first kappa shape index (κ1) is 40.4. The number of hydrogen-bond donors (Lipinski definition) is 1. The maximum absolute atomic E-state index is 12.5. The number of rotatable bonds is 32. The Morgan fingerprint density at radius 3 is 1.33 bits per heavy atom. The molecule has 0 aliphatic carbocycles. The molecule has 1 amide bonds. The Morgan fingerprint density at radius 1 is 0.500 bits per heavy atom. The van der Waals surface area contributed by atoms with E-state index in [0.29, 0.717) is 32.2 Å². The van der Waals surface area contributed by atoms with E-state index in [1.54, 1.807) is 0 Å². The van der Waals surface area contributed by atoms with Crippen LogP contribution in [-0.2, 0) is 23.9 Å². The molecule has 0 rings (SSSR count). The van der Waals surface area contributed by atoms with Crippen molar-refractivity contribution >= 4 is 17.8 Å². The quantitative estimate of drug-likeness (QED) is 0.0618. The Kier molecular flexibility index (Phi) is 31.1. The van der Waals surface area contributed by atoms with Crippen LogP contribution in [0.25, 0.3) is 0 Å². The summed E-state index contributed by atoms with van der Waals surface area (Å²) < 4.78 is 11.2. The first-order valence-corrected chi connectivity index (χ1v) is 18.1. The lowest BCUT2D eigenvalue weighted by atomic mass is 10.1. The van der Waals surface area contributed by atoms with Crippen molar-refractivity contribution in [3.8, 4) is 0 Å². The molecule has 1 atom stereocenters. The summed E-state index contributed by atoms with van der Waals surface area (Å²) in [4.78, 5) is 36.6. The zero-order valence-corrected chi connectivity index (χ0v) is 28.1. The standard InChI is InChI=1S/C36H69NO5/c1-4-7-9-11-13-15-17-19-21-23-25-28-35(39)41-32-33(30-31-37-34(38)27-6-3)42-36(40)29-26-24-22-20-18-16-14-12-10-8-5-2/h33H,4-32H2,1-3H3,(H,37,38). The highest BCUT2D eigenvalue weighted by molar-refractivity contribution is 5.75. The summed E-state index contributed by atoms with van der Waals surface area (Å²) >= 11 is 0. The van der Waals surface area contributed by atoms with Gasteiger partial charge in [-0.05, 0) is 19.3 Å². The van der Waals surface area contributed by atoms with Gasteiger partial charge in [0, 0.05) is 32.2 Å². The molecular formula is C36H69NO5. The van der Waals surface area contributed by atoms with Gasteiger partial charge in [0.25, 0.3) is 0 Å². The number of esters is 2. The van der Waals surface area contributed by atoms with Crippen LogP contribution in [0.15, 0.2) is 0 Å². The van der Waals surface area contributed by atoms with Crippen molar-refractivity contribution in [3.05, 3.63) is 0 Å². The molecule has 0 aliphatic rings. The molecule has 0 aromatic heterocycles. The average Bonchev–Trinajstić information content (AvgIpc) is 2.97. The van der Waals surface area contributed by atoms with Crippen LogP contribution in [0.1, 0.15) is 194 Å². The Hall–Kier alpha value is -1.59. The summed E-state index contributed by atoms with van der Waals surface area (Å²) in [6, 6.07) is 0. The number of nitrogens with one attached hydrogen (secondary N) is 1. The number of carbonyl (C=O) groups is 3. The van der Waals surface area contributed by atoms with Gasteiger partial charge < -0.3 is 14.8 Å². The van der Waals surface area contributed by atoms with Gasteiger partial charge in [0.15, 0.2) is 0 Å². The molecule has 0 radical (unpaired) electrons. The average molecular weight is 596 g/mol. The second kappa shape index (κ2) is 32.3. The van der Waals surface area contributed by atoms with Crippen molar-refractivity contribution in [2.75, 3.05) is 13.2 Å². The molecule has 42 heavy (non-hydrogen) atoms. The van der Waals surface area contributed by atoms with Gasteiger partial charge in [-0.15, -0.1) is 0 Å². The zero-order valence-electron chi connectivity index (χ0n) is 28.1. The van der Waals surface area contributed by atoms with Crippen LogP contribution in [0.3, 0.4) is 0 Å². The SMILES string of the molecule is CCCCCCCCCCCCCC(=O)OCC(CCNC(=O)CCC)OC(=O)CCCCCCCCCCCCC. The van der Waals surface area contributed by atoms with E-state index in [9.17, 15) is 14.4 Å². The van der Waals surface area contributed by atoms with E-state index in [4.69, 9.17) is 9.47 Å². The molecule has 1 unspecified atom stereocenters. The maximum atomic E-state index is 12.5. The van der Waals surface area contributed by atoms with Crippen LogP contribution in [0.2, 0.25) is 0 Å². The smallest absolute Gasteiger partial charge is 0.306 e. The number of ether oxygens (including phenoxy) is 2. The molecule has 1 N–H and O–H groups in total. The molecule has 6 heteroatoms. The van der Waals surface area contributed by atoms with E-state index in [2.05, 4.69) is 19.2 Å². The highest BCUT2D eigenvalue weighted by Gasteiger charge is 2.17. The third kappa shape index (κ3) is 29.9. The van der Waals surface area contributed by atoms with E-state index in [1.807, 2.05) is 6.92 Å². The first-order chi connectivity index (χ1) is 20.5. The molecule has 0 aromatic carbocycles. The molecule has 0 bridgehead atoms. The van der Waals surface area contributed by atoms with Gasteiger partial charge in [-0.2, -0.15) is 0 Å². The molecule has 0 aromatic rings. The Bertz CT molecular complexity index is 624. The fourth-order valence-corrected chi connectivity index (χ4v) is 5.23. The predicted octanol–water partition coefficient (Wildman–Crippen LogP) is 10.1. The number of carbonyl (C=O) groups excluding carboxylic acids is 3. The summed E-state index contributed by atoms with van der Waals surface area (Å²) in [5.41, 5.74) is 0. The molecule has 0 aliphatic heterocycles. The van der Waals surface area contributed by atoms with Crippen LogP contribution in [0.4, 0.5) is 0 Å². The summed E-state index contributed by atoms with van der Waals surface area (Å²) in [6.07, 6.45) is 29.2. The monoisotopic (exact) mass is 596 g/mol. The van der Waals surface area contributed by atoms with Gasteiger partial charge in [-0.25, -0.2) is 0 Å². The lowest BCUT2D eigenvalue weighted by Gasteiger charge is -2.18. The van der Waals surface area contributed by atoms with E-state index in [-0.39, 0.29) is 24.5 Å². The molecular weight excluding hydrogens is 526 g/mol. The normalized spacial score (nSPS) is 11.8. The minimum atomic E-state index is -0.520. The summed E-state index contributed by atoms with van der Waals surface area (Å²) in [5.74, 6) is -0.471. The second-order valence-corrected chi connectivity index (χ2v) is 12.3. The topological polar surface area (TPSA) is 81.7 Å². The largest absolute Gasteiger partial charge is 0.462 e. The summed E-state index contributed by atoms with van der Waals surface area (Å²) in [5, 5.41) is 2.87. The molecule has 248 valence electrons. The fourth-order valence-electron chi connectivity index (χ4n) is 5.23. The molecule has 0 heterocycles. The molecule has 0 saturated carbocycles. The van der Waals surface area contributed by atoms with Gasteiger partial charge in [0.1, 0.15) is 12.7 Å². The van der Waals surface area contributed by atoms with Crippen LogP contribution >= 0.6 is 0 Å². The number of hydrogen-bond acceptors (Lipinski definition) is 5. The minimum Gasteiger partial charge on any atom is -0.462 e. The van der Waals surface area contributed by atoms with E-state index < -0.39 is 6.10 Å². The van der Waals surface area contributed by atoms with Gasteiger partial charge in [0.2, 0.25) is 5.91 Å². The van der Waals surface area contributed by atoms with Gasteiger partial charge >= 0.3 is 11.9 Å². The fraction of sp³-hybridized carbons (Fsp3) is 0.917. The highest BCUT2D eigenvalue weighted by Crippen LogP contribution is 2.14. The first-order valence-electron chi connectivity index (χ1n) is 18.1. The van der Waals surface area contributed by atoms with Crippen molar-refractivity contribution in [2.24, 2.45) is 0 Å². The van der Waals surface area contributed by atoms with E-state index in [1.165, 1.54) is 109 Å². The van der Waals surface area contributed by atoms with Crippen molar-refractivity contribution in [3.63, 3.8) is 0 Å². The summed E-state index contributed by atoms with van der Waals surface area (Å²) in [7, 11) is 0. The molecule has 0 spiro atoms. The van der Waals surface area contributed by atoms with Crippen molar-refractivity contribution in [2.45, 2.75) is 200 Å². The van der Waals surface area contributed by atoms with Crippen molar-refractivity contribution in [1.29, 1.82) is 0 Å². The Labute approximate surface area is 260 Å². The lowest BCUT2D eigenvalue weighted by molar-refractivity contribution is -0.159. The zero-order chi connectivity index (χ0) is 30.9. The van der Waals surface area contributed by atoms with E-state index in [0.717, 1.165) is 38.5 Å². The molecule has 0 saturated heterocycles. The maximum Gasteiger partial charge on any atom is 0.306 e. The number of amides is 1. The molecule has 0 fully saturated rings. The predicted molar refractivity (Wildman–Crippen MR) is 176 cm³/mol. The third-order valence-corrected chi connectivity index (χ3v) is 7.96. The van der Waals surface area contributed by atoms with Crippen molar-refractivity contribution in [1.82, 2.24) is 5.32 Å².